The summed E-state index contributed by atoms with van der Waals surface area (Å²) in [5, 5.41) is 0. The van der Waals surface area contributed by atoms with Gasteiger partial charge in [0.2, 0.25) is 11.8 Å². The Morgan fingerprint density at radius 3 is 2.24 bits per heavy atom. The number of likely N-dealkylation sites (tertiary alicyclic amines) is 1. The lowest BCUT2D eigenvalue weighted by Crippen LogP contribution is -2.47. The van der Waals surface area contributed by atoms with Crippen LogP contribution in [0.1, 0.15) is 49.3 Å². The van der Waals surface area contributed by atoms with Gasteiger partial charge in [-0.1, -0.05) is 68.4 Å². The van der Waals surface area contributed by atoms with Gasteiger partial charge in [-0.3, -0.25) is 9.59 Å². The molecule has 0 bridgehead atoms. The van der Waals surface area contributed by atoms with Gasteiger partial charge < -0.3 is 9.80 Å². The molecule has 1 fully saturated rings. The quantitative estimate of drug-likeness (QED) is 0.793. The van der Waals surface area contributed by atoms with Crippen molar-refractivity contribution in [3.05, 3.63) is 71.3 Å². The van der Waals surface area contributed by atoms with E-state index in [0.29, 0.717) is 19.6 Å². The Hall–Kier alpha value is -2.62. The molecule has 2 aromatic carbocycles. The van der Waals surface area contributed by atoms with Gasteiger partial charge in [-0.15, -0.1) is 0 Å². The van der Waals surface area contributed by atoms with Crippen LogP contribution in [0.4, 0.5) is 0 Å². The molecule has 0 radical (unpaired) electrons. The van der Waals surface area contributed by atoms with E-state index in [2.05, 4.69) is 48.5 Å². The first-order valence-corrected chi connectivity index (χ1v) is 10.7. The third kappa shape index (κ3) is 4.07. The monoisotopic (exact) mass is 390 g/mol. The van der Waals surface area contributed by atoms with Gasteiger partial charge in [0.25, 0.3) is 0 Å². The zero-order valence-corrected chi connectivity index (χ0v) is 17.4. The number of fused-ring (bicyclic) bond motifs is 1. The van der Waals surface area contributed by atoms with Crippen molar-refractivity contribution in [2.75, 3.05) is 19.6 Å². The highest BCUT2D eigenvalue weighted by Crippen LogP contribution is 2.34. The van der Waals surface area contributed by atoms with Crippen LogP contribution in [0.5, 0.6) is 0 Å². The van der Waals surface area contributed by atoms with Crippen LogP contribution >= 0.6 is 0 Å². The molecular weight excluding hydrogens is 360 g/mol. The molecule has 2 aromatic rings. The molecule has 4 rings (SSSR count). The minimum Gasteiger partial charge on any atom is -0.342 e. The van der Waals surface area contributed by atoms with Crippen LogP contribution in [0.25, 0.3) is 0 Å². The fourth-order valence-electron chi connectivity index (χ4n) is 4.72. The fourth-order valence-corrected chi connectivity index (χ4v) is 4.72. The molecule has 1 unspecified atom stereocenters. The molecule has 2 heterocycles. The van der Waals surface area contributed by atoms with Crippen LogP contribution in [-0.2, 0) is 16.1 Å². The molecule has 0 aliphatic carbocycles. The Bertz CT molecular complexity index is 869. The molecule has 0 aromatic heterocycles. The van der Waals surface area contributed by atoms with Crippen LogP contribution in [0.15, 0.2) is 54.6 Å². The maximum atomic E-state index is 13.4. The average molecular weight is 391 g/mol. The SMILES string of the molecule is CC(C)C(=O)N1CCC(C(=O)N2Cc3ccccc3C(c3ccccc3)C2)CC1. The second-order valence-electron chi connectivity index (χ2n) is 8.64. The summed E-state index contributed by atoms with van der Waals surface area (Å²) in [5.74, 6) is 0.706. The van der Waals surface area contributed by atoms with Crippen molar-refractivity contribution in [1.29, 1.82) is 0 Å². The first kappa shape index (κ1) is 19.7. The molecular formula is C25H30N2O2. The van der Waals surface area contributed by atoms with Gasteiger partial charge in [-0.05, 0) is 29.5 Å². The summed E-state index contributed by atoms with van der Waals surface area (Å²) in [6.45, 7) is 6.68. The van der Waals surface area contributed by atoms with Gasteiger partial charge in [0.05, 0.1) is 0 Å². The van der Waals surface area contributed by atoms with E-state index in [1.165, 1.54) is 16.7 Å². The molecule has 29 heavy (non-hydrogen) atoms. The van der Waals surface area contributed by atoms with E-state index in [9.17, 15) is 9.59 Å². The summed E-state index contributed by atoms with van der Waals surface area (Å²) in [5.41, 5.74) is 3.84. The van der Waals surface area contributed by atoms with Crippen LogP contribution in [0.3, 0.4) is 0 Å². The summed E-state index contributed by atoms with van der Waals surface area (Å²) in [7, 11) is 0. The standard InChI is InChI=1S/C25H30N2O2/c1-18(2)24(28)26-14-12-20(13-15-26)25(29)27-16-21-10-6-7-11-22(21)23(17-27)19-8-4-3-5-9-19/h3-11,18,20,23H,12-17H2,1-2H3. The molecule has 0 saturated carbocycles. The lowest BCUT2D eigenvalue weighted by Gasteiger charge is -2.39. The Kier molecular flexibility index (Phi) is 5.70. The van der Waals surface area contributed by atoms with Crippen LogP contribution in [-0.4, -0.2) is 41.2 Å². The van der Waals surface area contributed by atoms with Crippen molar-refractivity contribution in [3.8, 4) is 0 Å². The molecule has 2 aliphatic rings. The number of carbonyl (C=O) groups is 2. The smallest absolute Gasteiger partial charge is 0.226 e. The van der Waals surface area contributed by atoms with Crippen LogP contribution in [0, 0.1) is 11.8 Å². The summed E-state index contributed by atoms with van der Waals surface area (Å²) in [4.78, 5) is 29.6. The number of piperidine rings is 1. The van der Waals surface area contributed by atoms with E-state index in [0.717, 1.165) is 19.4 Å². The maximum Gasteiger partial charge on any atom is 0.226 e. The van der Waals surface area contributed by atoms with E-state index < -0.39 is 0 Å². The highest BCUT2D eigenvalue weighted by molar-refractivity contribution is 5.81. The van der Waals surface area contributed by atoms with Gasteiger partial charge >= 0.3 is 0 Å². The largest absolute Gasteiger partial charge is 0.342 e. The fraction of sp³-hybridized carbons (Fsp3) is 0.440. The molecule has 2 amide bonds. The lowest BCUT2D eigenvalue weighted by atomic mass is 9.83. The lowest BCUT2D eigenvalue weighted by molar-refractivity contribution is -0.142. The maximum absolute atomic E-state index is 13.4. The summed E-state index contributed by atoms with van der Waals surface area (Å²) in [6, 6.07) is 19.0. The highest BCUT2D eigenvalue weighted by Gasteiger charge is 2.34. The first-order valence-electron chi connectivity index (χ1n) is 10.7. The first-order chi connectivity index (χ1) is 14.0. The van der Waals surface area contributed by atoms with E-state index >= 15 is 0 Å². The van der Waals surface area contributed by atoms with Crippen molar-refractivity contribution in [2.45, 2.75) is 39.2 Å². The number of amides is 2. The Balaban J connectivity index is 1.49. The number of rotatable bonds is 3. The van der Waals surface area contributed by atoms with Crippen molar-refractivity contribution >= 4 is 11.8 Å². The van der Waals surface area contributed by atoms with Crippen LogP contribution < -0.4 is 0 Å². The molecule has 4 nitrogen and oxygen atoms in total. The topological polar surface area (TPSA) is 40.6 Å². The summed E-state index contributed by atoms with van der Waals surface area (Å²) >= 11 is 0. The Morgan fingerprint density at radius 1 is 0.897 bits per heavy atom. The highest BCUT2D eigenvalue weighted by atomic mass is 16.2. The predicted molar refractivity (Wildman–Crippen MR) is 114 cm³/mol. The van der Waals surface area contributed by atoms with Gasteiger partial charge in [-0.2, -0.15) is 0 Å². The molecule has 2 aliphatic heterocycles. The van der Waals surface area contributed by atoms with E-state index in [1.807, 2.05) is 29.7 Å². The Labute approximate surface area is 173 Å². The predicted octanol–water partition coefficient (Wildman–Crippen LogP) is 4.06. The molecule has 4 heteroatoms. The molecule has 0 N–H and O–H groups in total. The van der Waals surface area contributed by atoms with Gasteiger partial charge in [0.1, 0.15) is 0 Å². The molecule has 1 atom stereocenters. The zero-order valence-electron chi connectivity index (χ0n) is 17.4. The number of nitrogens with zero attached hydrogens (tertiary/aromatic N) is 2. The minimum atomic E-state index is 0.0208. The van der Waals surface area contributed by atoms with Crippen molar-refractivity contribution in [3.63, 3.8) is 0 Å². The molecule has 0 spiro atoms. The van der Waals surface area contributed by atoms with E-state index in [1.54, 1.807) is 0 Å². The van der Waals surface area contributed by atoms with Crippen molar-refractivity contribution in [1.82, 2.24) is 9.80 Å². The normalized spacial score (nSPS) is 19.9. The number of hydrogen-bond acceptors (Lipinski definition) is 2. The number of carbonyl (C=O) groups excluding carboxylic acids is 2. The van der Waals surface area contributed by atoms with Gasteiger partial charge in [0.15, 0.2) is 0 Å². The second-order valence-corrected chi connectivity index (χ2v) is 8.64. The Morgan fingerprint density at radius 2 is 1.55 bits per heavy atom. The third-order valence-electron chi connectivity index (χ3n) is 6.36. The second kappa shape index (κ2) is 8.40. The third-order valence-corrected chi connectivity index (χ3v) is 6.36. The molecule has 152 valence electrons. The average Bonchev–Trinajstić information content (AvgIpc) is 2.78. The number of benzene rings is 2. The van der Waals surface area contributed by atoms with Gasteiger partial charge in [-0.25, -0.2) is 0 Å². The van der Waals surface area contributed by atoms with E-state index in [-0.39, 0.29) is 29.6 Å². The van der Waals surface area contributed by atoms with Gasteiger partial charge in [0, 0.05) is 43.9 Å². The number of hydrogen-bond donors (Lipinski definition) is 0. The molecule has 1 saturated heterocycles. The zero-order chi connectivity index (χ0) is 20.4. The minimum absolute atomic E-state index is 0.0208. The van der Waals surface area contributed by atoms with Crippen LogP contribution in [0.2, 0.25) is 0 Å². The van der Waals surface area contributed by atoms with E-state index in [4.69, 9.17) is 0 Å². The summed E-state index contributed by atoms with van der Waals surface area (Å²) in [6.07, 6.45) is 1.54. The summed E-state index contributed by atoms with van der Waals surface area (Å²) < 4.78 is 0. The van der Waals surface area contributed by atoms with Crippen molar-refractivity contribution in [2.24, 2.45) is 11.8 Å². The van der Waals surface area contributed by atoms with Crippen molar-refractivity contribution < 1.29 is 9.59 Å².